The van der Waals surface area contributed by atoms with Crippen molar-refractivity contribution in [3.63, 3.8) is 0 Å². The summed E-state index contributed by atoms with van der Waals surface area (Å²) >= 11 is 3.38. The molecule has 0 saturated heterocycles. The number of hydrogen-bond donors (Lipinski definition) is 1. The Kier molecular flexibility index (Phi) is 4.90. The molecule has 1 N–H and O–H groups in total. The number of benzene rings is 3. The van der Waals surface area contributed by atoms with Crippen LogP contribution >= 0.6 is 15.9 Å². The zero-order chi connectivity index (χ0) is 22.4. The topological polar surface area (TPSA) is 70.8 Å². The van der Waals surface area contributed by atoms with Crippen LogP contribution in [-0.2, 0) is 4.79 Å². The monoisotopic (exact) mass is 491 g/mol. The zero-order valence-electron chi connectivity index (χ0n) is 16.5. The molecule has 2 heterocycles. The molecule has 32 heavy (non-hydrogen) atoms. The van der Waals surface area contributed by atoms with E-state index in [1.165, 1.54) is 23.1 Å². The number of ketones is 1. The van der Waals surface area contributed by atoms with E-state index in [2.05, 4.69) is 15.9 Å². The minimum Gasteiger partial charge on any atom is -0.503 e. The Bertz CT molecular complexity index is 1410. The fourth-order valence-corrected chi connectivity index (χ4v) is 4.32. The van der Waals surface area contributed by atoms with Crippen LogP contribution in [0.3, 0.4) is 0 Å². The predicted molar refractivity (Wildman–Crippen MR) is 121 cm³/mol. The minimum atomic E-state index is -0.946. The summed E-state index contributed by atoms with van der Waals surface area (Å²) in [6.45, 7) is 0. The zero-order valence-corrected chi connectivity index (χ0v) is 18.0. The van der Waals surface area contributed by atoms with Crippen molar-refractivity contribution in [1.82, 2.24) is 0 Å². The van der Waals surface area contributed by atoms with Crippen molar-refractivity contribution >= 4 is 44.3 Å². The number of furan rings is 1. The van der Waals surface area contributed by atoms with Gasteiger partial charge in [0.2, 0.25) is 5.78 Å². The lowest BCUT2D eigenvalue weighted by molar-refractivity contribution is -0.117. The molecule has 7 heteroatoms. The maximum atomic E-state index is 13.9. The SMILES string of the molecule is O=C(C1=C(O)C(=O)N(c2cccc(F)c2)C1c1ccccc1)c1cc2cc(Br)ccc2o1. The summed E-state index contributed by atoms with van der Waals surface area (Å²) in [6, 6.07) is 20.2. The average Bonchev–Trinajstić information content (AvgIpc) is 3.32. The van der Waals surface area contributed by atoms with Crippen molar-refractivity contribution in [2.75, 3.05) is 4.90 Å². The van der Waals surface area contributed by atoms with Crippen LogP contribution in [0.2, 0.25) is 0 Å². The van der Waals surface area contributed by atoms with E-state index in [0.717, 1.165) is 4.47 Å². The summed E-state index contributed by atoms with van der Waals surface area (Å²) in [6.07, 6.45) is 0. The predicted octanol–water partition coefficient (Wildman–Crippen LogP) is 6.12. The molecule has 0 radical (unpaired) electrons. The highest BCUT2D eigenvalue weighted by Gasteiger charge is 2.45. The van der Waals surface area contributed by atoms with E-state index in [-0.39, 0.29) is 17.0 Å². The average molecular weight is 492 g/mol. The molecule has 0 aliphatic carbocycles. The number of fused-ring (bicyclic) bond motifs is 1. The van der Waals surface area contributed by atoms with Crippen molar-refractivity contribution in [3.8, 4) is 0 Å². The number of nitrogens with zero attached hydrogens (tertiary/aromatic N) is 1. The van der Waals surface area contributed by atoms with E-state index in [4.69, 9.17) is 4.42 Å². The number of carbonyl (C=O) groups is 2. The van der Waals surface area contributed by atoms with Gasteiger partial charge in [0.05, 0.1) is 11.6 Å². The Hall–Kier alpha value is -3.71. The Morgan fingerprint density at radius 3 is 2.53 bits per heavy atom. The molecule has 0 bridgehead atoms. The number of amides is 1. The standard InChI is InChI=1S/C25H15BrFNO4/c26-16-9-10-19-15(11-16)12-20(32-19)23(29)21-22(14-5-2-1-3-6-14)28(25(31)24(21)30)18-8-4-7-17(27)13-18/h1-13,22,30H. The van der Waals surface area contributed by atoms with Crippen LogP contribution in [0.4, 0.5) is 10.1 Å². The van der Waals surface area contributed by atoms with Gasteiger partial charge in [-0.05, 0) is 48.0 Å². The molecule has 1 aliphatic heterocycles. The molecule has 3 aromatic carbocycles. The van der Waals surface area contributed by atoms with Crippen molar-refractivity contribution in [2.24, 2.45) is 0 Å². The first-order chi connectivity index (χ1) is 15.4. The van der Waals surface area contributed by atoms with Gasteiger partial charge >= 0.3 is 0 Å². The minimum absolute atomic E-state index is 0.00512. The molecular weight excluding hydrogens is 477 g/mol. The van der Waals surface area contributed by atoms with Crippen molar-refractivity contribution in [2.45, 2.75) is 6.04 Å². The van der Waals surface area contributed by atoms with Crippen LogP contribution in [0.5, 0.6) is 0 Å². The molecule has 0 fully saturated rings. The second-order valence-corrected chi connectivity index (χ2v) is 8.27. The van der Waals surface area contributed by atoms with Crippen LogP contribution in [0.25, 0.3) is 11.0 Å². The summed E-state index contributed by atoms with van der Waals surface area (Å²) in [5.74, 6) is -2.63. The third-order valence-corrected chi connectivity index (χ3v) is 5.85. The van der Waals surface area contributed by atoms with Crippen LogP contribution < -0.4 is 4.90 Å². The second kappa shape index (κ2) is 7.76. The normalized spacial score (nSPS) is 16.2. The van der Waals surface area contributed by atoms with Gasteiger partial charge in [0.15, 0.2) is 11.5 Å². The van der Waals surface area contributed by atoms with Crippen LogP contribution in [-0.4, -0.2) is 16.8 Å². The third-order valence-electron chi connectivity index (χ3n) is 5.36. The first-order valence-electron chi connectivity index (χ1n) is 9.75. The van der Waals surface area contributed by atoms with Gasteiger partial charge in [-0.3, -0.25) is 14.5 Å². The maximum absolute atomic E-state index is 13.9. The maximum Gasteiger partial charge on any atom is 0.294 e. The molecule has 1 unspecified atom stereocenters. The summed E-state index contributed by atoms with van der Waals surface area (Å²) in [5, 5.41) is 11.5. The molecule has 0 spiro atoms. The number of Topliss-reactive ketones (excluding diaryl/α,β-unsaturated/α-hetero) is 1. The summed E-state index contributed by atoms with van der Waals surface area (Å²) in [4.78, 5) is 27.8. The number of aliphatic hydroxyl groups excluding tert-OH is 1. The van der Waals surface area contributed by atoms with Crippen LogP contribution in [0.1, 0.15) is 22.2 Å². The van der Waals surface area contributed by atoms with E-state index in [9.17, 15) is 19.1 Å². The summed E-state index contributed by atoms with van der Waals surface area (Å²) in [7, 11) is 0. The third kappa shape index (κ3) is 3.31. The first-order valence-corrected chi connectivity index (χ1v) is 10.5. The van der Waals surface area contributed by atoms with E-state index < -0.39 is 29.3 Å². The van der Waals surface area contributed by atoms with E-state index in [0.29, 0.717) is 16.5 Å². The highest BCUT2D eigenvalue weighted by molar-refractivity contribution is 9.10. The lowest BCUT2D eigenvalue weighted by atomic mass is 9.95. The number of halogens is 2. The molecule has 5 rings (SSSR count). The Morgan fingerprint density at radius 2 is 1.78 bits per heavy atom. The van der Waals surface area contributed by atoms with Gasteiger partial charge in [0.1, 0.15) is 11.4 Å². The highest BCUT2D eigenvalue weighted by Crippen LogP contribution is 2.42. The number of anilines is 1. The van der Waals surface area contributed by atoms with Gasteiger partial charge in [-0.2, -0.15) is 0 Å². The highest BCUT2D eigenvalue weighted by atomic mass is 79.9. The fourth-order valence-electron chi connectivity index (χ4n) is 3.94. The number of hydrogen-bond acceptors (Lipinski definition) is 4. The van der Waals surface area contributed by atoms with Gasteiger partial charge in [-0.1, -0.05) is 52.3 Å². The number of rotatable bonds is 4. The Balaban J connectivity index is 1.66. The van der Waals surface area contributed by atoms with Gasteiger partial charge in [-0.15, -0.1) is 0 Å². The van der Waals surface area contributed by atoms with Crippen LogP contribution in [0, 0.1) is 5.82 Å². The Labute approximate surface area is 190 Å². The van der Waals surface area contributed by atoms with Crippen molar-refractivity contribution in [1.29, 1.82) is 0 Å². The van der Waals surface area contributed by atoms with Crippen LogP contribution in [0.15, 0.2) is 99.1 Å². The fraction of sp³-hybridized carbons (Fsp3) is 0.0400. The Morgan fingerprint density at radius 1 is 1.00 bits per heavy atom. The van der Waals surface area contributed by atoms with Gasteiger partial charge in [0.25, 0.3) is 5.91 Å². The molecule has 158 valence electrons. The molecular formula is C25H15BrFNO4. The van der Waals surface area contributed by atoms with E-state index in [1.54, 1.807) is 60.7 Å². The van der Waals surface area contributed by atoms with E-state index in [1.807, 2.05) is 0 Å². The lowest BCUT2D eigenvalue weighted by Gasteiger charge is -2.26. The van der Waals surface area contributed by atoms with Gasteiger partial charge in [-0.25, -0.2) is 4.39 Å². The molecule has 1 aromatic heterocycles. The number of carbonyl (C=O) groups excluding carboxylic acids is 2. The summed E-state index contributed by atoms with van der Waals surface area (Å²) in [5.41, 5.74) is 1.20. The first kappa shape index (κ1) is 20.2. The molecule has 5 nitrogen and oxygen atoms in total. The lowest BCUT2D eigenvalue weighted by Crippen LogP contribution is -2.31. The molecule has 4 aromatic rings. The van der Waals surface area contributed by atoms with E-state index >= 15 is 0 Å². The second-order valence-electron chi connectivity index (χ2n) is 7.35. The van der Waals surface area contributed by atoms with Gasteiger partial charge in [0, 0.05) is 15.5 Å². The quantitative estimate of drug-likeness (QED) is 0.349. The van der Waals surface area contributed by atoms with Gasteiger partial charge < -0.3 is 9.52 Å². The van der Waals surface area contributed by atoms with Crippen molar-refractivity contribution < 1.29 is 23.5 Å². The smallest absolute Gasteiger partial charge is 0.294 e. The van der Waals surface area contributed by atoms with Crippen molar-refractivity contribution in [3.05, 3.63) is 112 Å². The molecule has 0 saturated carbocycles. The molecule has 1 aliphatic rings. The molecule has 1 atom stereocenters. The summed E-state index contributed by atoms with van der Waals surface area (Å²) < 4.78 is 20.5. The number of aliphatic hydroxyl groups is 1. The molecule has 1 amide bonds. The largest absolute Gasteiger partial charge is 0.503 e.